The van der Waals surface area contributed by atoms with Gasteiger partial charge in [0, 0.05) is 24.3 Å². The van der Waals surface area contributed by atoms with Crippen LogP contribution >= 0.6 is 0 Å². The van der Waals surface area contributed by atoms with Gasteiger partial charge in [0.1, 0.15) is 5.92 Å². The molecule has 2 aromatic rings. The number of nitrogens with zero attached hydrogens (tertiary/aromatic N) is 1. The molecule has 9 heteroatoms. The van der Waals surface area contributed by atoms with Crippen molar-refractivity contribution < 1.29 is 27.9 Å². The second-order valence-corrected chi connectivity index (χ2v) is 7.31. The highest BCUT2D eigenvalue weighted by molar-refractivity contribution is 6.00. The molecule has 0 saturated carbocycles. The van der Waals surface area contributed by atoms with E-state index in [1.807, 2.05) is 18.7 Å². The van der Waals surface area contributed by atoms with Gasteiger partial charge in [0.05, 0.1) is 6.04 Å². The Labute approximate surface area is 178 Å². The summed E-state index contributed by atoms with van der Waals surface area (Å²) in [6.45, 7) is 5.43. The number of aliphatic hydroxyl groups is 1. The molecule has 0 radical (unpaired) electrons. The van der Waals surface area contributed by atoms with E-state index >= 15 is 0 Å². The Balaban J connectivity index is 2.09. The minimum atomic E-state index is -5.28. The van der Waals surface area contributed by atoms with Gasteiger partial charge < -0.3 is 20.6 Å². The number of carbonyl (C=O) groups excluding carboxylic acids is 2. The van der Waals surface area contributed by atoms with Crippen LogP contribution in [0.3, 0.4) is 0 Å². The minimum Gasteiger partial charge on any atom is -0.372 e. The lowest BCUT2D eigenvalue weighted by molar-refractivity contribution is -0.287. The topological polar surface area (TPSA) is 81.7 Å². The van der Waals surface area contributed by atoms with Crippen molar-refractivity contribution in [1.29, 1.82) is 0 Å². The van der Waals surface area contributed by atoms with Gasteiger partial charge in [0.2, 0.25) is 5.72 Å². The van der Waals surface area contributed by atoms with E-state index < -0.39 is 35.7 Å². The summed E-state index contributed by atoms with van der Waals surface area (Å²) in [6.07, 6.45) is -5.28. The Morgan fingerprint density at radius 3 is 2.16 bits per heavy atom. The van der Waals surface area contributed by atoms with Crippen LogP contribution in [0.5, 0.6) is 0 Å². The highest BCUT2D eigenvalue weighted by Crippen LogP contribution is 2.44. The molecular weight excluding hydrogens is 411 g/mol. The monoisotopic (exact) mass is 435 g/mol. The molecule has 3 N–H and O–H groups in total. The first-order chi connectivity index (χ1) is 14.6. The highest BCUT2D eigenvalue weighted by Gasteiger charge is 2.66. The molecule has 0 aromatic heterocycles. The van der Waals surface area contributed by atoms with Crippen molar-refractivity contribution in [3.63, 3.8) is 0 Å². The van der Waals surface area contributed by atoms with Crippen LogP contribution in [0.15, 0.2) is 54.6 Å². The van der Waals surface area contributed by atoms with Gasteiger partial charge in [-0.15, -0.1) is 0 Å². The van der Waals surface area contributed by atoms with E-state index in [1.165, 1.54) is 29.6 Å². The molecule has 1 aliphatic rings. The number of amides is 2. The van der Waals surface area contributed by atoms with Crippen molar-refractivity contribution in [1.82, 2.24) is 10.6 Å². The SMILES string of the molecule is CCN(CC)c1ccc([C@H]2NC(=O)N[C@](O)(C(F)(F)F)[C@@H]2C(=O)c2ccccc2)cc1. The number of carbonyl (C=O) groups is 2. The van der Waals surface area contributed by atoms with Crippen molar-refractivity contribution in [3.05, 3.63) is 65.7 Å². The van der Waals surface area contributed by atoms with Gasteiger partial charge in [-0.1, -0.05) is 42.5 Å². The fraction of sp³-hybridized carbons (Fsp3) is 0.364. The van der Waals surface area contributed by atoms with Crippen LogP contribution in [0.25, 0.3) is 0 Å². The molecule has 1 saturated heterocycles. The third-order valence-corrected chi connectivity index (χ3v) is 5.53. The molecule has 3 rings (SSSR count). The van der Waals surface area contributed by atoms with Crippen LogP contribution in [0.2, 0.25) is 0 Å². The quantitative estimate of drug-likeness (QED) is 0.606. The van der Waals surface area contributed by atoms with E-state index in [9.17, 15) is 27.9 Å². The first kappa shape index (κ1) is 22.6. The molecule has 0 bridgehead atoms. The molecule has 1 heterocycles. The zero-order chi connectivity index (χ0) is 22.8. The van der Waals surface area contributed by atoms with Gasteiger partial charge >= 0.3 is 12.2 Å². The normalized spacial score (nSPS) is 23.6. The van der Waals surface area contributed by atoms with E-state index in [4.69, 9.17) is 0 Å². The van der Waals surface area contributed by atoms with Gasteiger partial charge in [0.15, 0.2) is 5.78 Å². The largest absolute Gasteiger partial charge is 0.437 e. The Morgan fingerprint density at radius 1 is 1.06 bits per heavy atom. The van der Waals surface area contributed by atoms with Crippen LogP contribution in [-0.4, -0.2) is 41.9 Å². The van der Waals surface area contributed by atoms with Crippen LogP contribution in [0.4, 0.5) is 23.7 Å². The lowest BCUT2D eigenvalue weighted by Gasteiger charge is -2.45. The van der Waals surface area contributed by atoms with Gasteiger partial charge in [-0.3, -0.25) is 4.79 Å². The molecule has 2 amide bonds. The number of alkyl halides is 3. The fourth-order valence-corrected chi connectivity index (χ4v) is 3.88. The van der Waals surface area contributed by atoms with E-state index in [0.717, 1.165) is 18.8 Å². The second-order valence-electron chi connectivity index (χ2n) is 7.31. The lowest BCUT2D eigenvalue weighted by atomic mass is 9.77. The average molecular weight is 435 g/mol. The lowest BCUT2D eigenvalue weighted by Crippen LogP contribution is -2.72. The van der Waals surface area contributed by atoms with Gasteiger partial charge in [0.25, 0.3) is 0 Å². The summed E-state index contributed by atoms with van der Waals surface area (Å²) in [5.74, 6) is -2.97. The van der Waals surface area contributed by atoms with E-state index in [0.29, 0.717) is 0 Å². The van der Waals surface area contributed by atoms with Gasteiger partial charge in [-0.25, -0.2) is 4.79 Å². The van der Waals surface area contributed by atoms with Crippen molar-refractivity contribution in [2.45, 2.75) is 31.8 Å². The van der Waals surface area contributed by atoms with Crippen LogP contribution in [0, 0.1) is 5.92 Å². The van der Waals surface area contributed by atoms with Crippen molar-refractivity contribution >= 4 is 17.5 Å². The second kappa shape index (κ2) is 8.58. The van der Waals surface area contributed by atoms with Crippen molar-refractivity contribution in [2.24, 2.45) is 5.92 Å². The third-order valence-electron chi connectivity index (χ3n) is 5.53. The molecule has 166 valence electrons. The van der Waals surface area contributed by atoms with Gasteiger partial charge in [-0.05, 0) is 31.5 Å². The molecule has 0 unspecified atom stereocenters. The summed E-state index contributed by atoms with van der Waals surface area (Å²) in [5, 5.41) is 14.5. The average Bonchev–Trinajstić information content (AvgIpc) is 2.74. The van der Waals surface area contributed by atoms with Crippen LogP contribution in [0.1, 0.15) is 35.8 Å². The fourth-order valence-electron chi connectivity index (χ4n) is 3.88. The number of Topliss-reactive ketones (excluding diaryl/α,β-unsaturated/α-hetero) is 1. The maximum atomic E-state index is 13.9. The number of halogens is 3. The molecule has 6 nitrogen and oxygen atoms in total. The third kappa shape index (κ3) is 4.23. The number of ketones is 1. The molecule has 1 fully saturated rings. The first-order valence-electron chi connectivity index (χ1n) is 9.94. The number of rotatable bonds is 6. The van der Waals surface area contributed by atoms with Crippen molar-refractivity contribution in [2.75, 3.05) is 18.0 Å². The van der Waals surface area contributed by atoms with Crippen LogP contribution in [-0.2, 0) is 0 Å². The molecular formula is C22H24F3N3O3. The molecule has 1 aliphatic heterocycles. The minimum absolute atomic E-state index is 0.00196. The number of urea groups is 1. The summed E-state index contributed by atoms with van der Waals surface area (Å²) in [5.41, 5.74) is -2.60. The Bertz CT molecular complexity index is 931. The smallest absolute Gasteiger partial charge is 0.372 e. The zero-order valence-electron chi connectivity index (χ0n) is 17.1. The predicted molar refractivity (Wildman–Crippen MR) is 110 cm³/mol. The standard InChI is InChI=1S/C22H24F3N3O3/c1-3-28(4-2)16-12-10-14(11-13-16)18-17(19(29)15-8-6-5-7-9-15)21(31,22(23,24)25)27-20(30)26-18/h5-13,17-18,31H,3-4H2,1-2H3,(H2,26,27,30)/t17-,18+,21+/m0/s1. The Hall–Kier alpha value is -3.07. The molecule has 0 aliphatic carbocycles. The predicted octanol–water partition coefficient (Wildman–Crippen LogP) is 3.64. The number of benzene rings is 2. The highest BCUT2D eigenvalue weighted by atomic mass is 19.4. The van der Waals surface area contributed by atoms with E-state index in [2.05, 4.69) is 5.32 Å². The van der Waals surface area contributed by atoms with Crippen molar-refractivity contribution in [3.8, 4) is 0 Å². The van der Waals surface area contributed by atoms with E-state index in [1.54, 1.807) is 30.3 Å². The number of nitrogens with one attached hydrogen (secondary N) is 2. The number of anilines is 1. The summed E-state index contributed by atoms with van der Waals surface area (Å²) in [4.78, 5) is 27.3. The Morgan fingerprint density at radius 2 is 1.65 bits per heavy atom. The Kier molecular flexibility index (Phi) is 6.26. The molecule has 31 heavy (non-hydrogen) atoms. The maximum Gasteiger partial charge on any atom is 0.437 e. The number of hydrogen-bond donors (Lipinski definition) is 3. The summed E-state index contributed by atoms with van der Waals surface area (Å²) >= 11 is 0. The van der Waals surface area contributed by atoms with E-state index in [-0.39, 0.29) is 11.1 Å². The summed E-state index contributed by atoms with van der Waals surface area (Å²) in [6, 6.07) is 11.3. The summed E-state index contributed by atoms with van der Waals surface area (Å²) in [7, 11) is 0. The molecule has 2 aromatic carbocycles. The molecule has 0 spiro atoms. The number of hydrogen-bond acceptors (Lipinski definition) is 4. The molecule has 3 atom stereocenters. The summed E-state index contributed by atoms with van der Waals surface area (Å²) < 4.78 is 41.8. The maximum absolute atomic E-state index is 13.9. The van der Waals surface area contributed by atoms with Gasteiger partial charge in [-0.2, -0.15) is 13.2 Å². The van der Waals surface area contributed by atoms with Crippen LogP contribution < -0.4 is 15.5 Å². The first-order valence-corrected chi connectivity index (χ1v) is 9.94. The zero-order valence-corrected chi connectivity index (χ0v) is 17.1.